The molecule has 88 valence electrons. The number of methoxy groups -OCH3 is 1. The van der Waals surface area contributed by atoms with E-state index in [1.165, 1.54) is 7.11 Å². The van der Waals surface area contributed by atoms with Gasteiger partial charge in [-0.3, -0.25) is 0 Å². The van der Waals surface area contributed by atoms with Crippen LogP contribution in [0.2, 0.25) is 0 Å². The fourth-order valence-corrected chi connectivity index (χ4v) is 1.83. The first-order valence-corrected chi connectivity index (χ1v) is 5.93. The molecule has 0 atom stereocenters. The van der Waals surface area contributed by atoms with Gasteiger partial charge in [-0.15, -0.1) is 0 Å². The van der Waals surface area contributed by atoms with Crippen molar-refractivity contribution in [3.05, 3.63) is 33.8 Å². The number of rotatable bonds is 4. The summed E-state index contributed by atoms with van der Waals surface area (Å²) >= 11 is 3.47. The van der Waals surface area contributed by atoms with Gasteiger partial charge in [-0.05, 0) is 31.3 Å². The molecule has 1 aromatic carbocycles. The van der Waals surface area contributed by atoms with Crippen molar-refractivity contribution in [3.63, 3.8) is 0 Å². The molecule has 0 unspecified atom stereocenters. The highest BCUT2D eigenvalue weighted by atomic mass is 79.9. The van der Waals surface area contributed by atoms with Gasteiger partial charge in [0.25, 0.3) is 0 Å². The lowest BCUT2D eigenvalue weighted by molar-refractivity contribution is 0.0600. The predicted octanol–water partition coefficient (Wildman–Crippen LogP) is 2.69. The Morgan fingerprint density at radius 3 is 2.69 bits per heavy atom. The van der Waals surface area contributed by atoms with E-state index in [-0.39, 0.29) is 5.97 Å². The Hall–Kier alpha value is -0.870. The molecule has 0 aliphatic rings. The average Bonchev–Trinajstić information content (AvgIpc) is 2.30. The van der Waals surface area contributed by atoms with E-state index in [4.69, 9.17) is 0 Å². The van der Waals surface area contributed by atoms with E-state index in [0.29, 0.717) is 5.56 Å². The normalized spacial score (nSPS) is 10.6. The quantitative estimate of drug-likeness (QED) is 0.797. The minimum absolute atomic E-state index is 0.309. The number of benzene rings is 1. The molecule has 0 aliphatic carbocycles. The van der Waals surface area contributed by atoms with Crippen LogP contribution in [0.1, 0.15) is 22.8 Å². The first-order chi connectivity index (χ1) is 7.58. The number of halogens is 1. The summed E-state index contributed by atoms with van der Waals surface area (Å²) in [5.41, 5.74) is 1.73. The minimum Gasteiger partial charge on any atom is -0.465 e. The van der Waals surface area contributed by atoms with Crippen molar-refractivity contribution in [1.29, 1.82) is 0 Å². The lowest BCUT2D eigenvalue weighted by atomic mass is 10.1. The monoisotopic (exact) mass is 285 g/mol. The second kappa shape index (κ2) is 6.01. The molecular formula is C12H16BrNO2. The molecule has 1 rings (SSSR count). The average molecular weight is 286 g/mol. The summed E-state index contributed by atoms with van der Waals surface area (Å²) in [4.78, 5) is 13.5. The number of esters is 1. The minimum atomic E-state index is -0.309. The maximum atomic E-state index is 11.3. The SMILES string of the molecule is CCN(C)Cc1ccc(C(=O)OC)cc1Br. The van der Waals surface area contributed by atoms with Crippen molar-refractivity contribution in [2.75, 3.05) is 20.7 Å². The van der Waals surface area contributed by atoms with Crippen LogP contribution in [0, 0.1) is 0 Å². The molecule has 0 N–H and O–H groups in total. The van der Waals surface area contributed by atoms with E-state index in [1.54, 1.807) is 12.1 Å². The third-order valence-electron chi connectivity index (χ3n) is 2.45. The Balaban J connectivity index is 2.87. The molecule has 0 aromatic heterocycles. The molecule has 0 aliphatic heterocycles. The summed E-state index contributed by atoms with van der Waals surface area (Å²) in [5, 5.41) is 0. The topological polar surface area (TPSA) is 29.5 Å². The molecule has 0 fully saturated rings. The molecule has 3 nitrogen and oxygen atoms in total. The Morgan fingerprint density at radius 1 is 1.50 bits per heavy atom. The van der Waals surface area contributed by atoms with Gasteiger partial charge in [0.05, 0.1) is 12.7 Å². The smallest absolute Gasteiger partial charge is 0.337 e. The summed E-state index contributed by atoms with van der Waals surface area (Å²) in [5.74, 6) is -0.309. The third kappa shape index (κ3) is 3.32. The van der Waals surface area contributed by atoms with Crippen LogP contribution in [-0.2, 0) is 11.3 Å². The highest BCUT2D eigenvalue weighted by Crippen LogP contribution is 2.20. The second-order valence-electron chi connectivity index (χ2n) is 3.63. The van der Waals surface area contributed by atoms with Crippen molar-refractivity contribution in [2.24, 2.45) is 0 Å². The first kappa shape index (κ1) is 13.2. The third-order valence-corrected chi connectivity index (χ3v) is 3.19. The summed E-state index contributed by atoms with van der Waals surface area (Å²) in [6.07, 6.45) is 0. The van der Waals surface area contributed by atoms with Gasteiger partial charge in [0.2, 0.25) is 0 Å². The Morgan fingerprint density at radius 2 is 2.19 bits per heavy atom. The van der Waals surface area contributed by atoms with Crippen LogP contribution >= 0.6 is 15.9 Å². The van der Waals surface area contributed by atoms with Gasteiger partial charge in [0.15, 0.2) is 0 Å². The van der Waals surface area contributed by atoms with E-state index in [1.807, 2.05) is 6.07 Å². The Kier molecular flexibility index (Phi) is 4.96. The standard InChI is InChI=1S/C12H16BrNO2/c1-4-14(2)8-10-6-5-9(7-11(10)13)12(15)16-3/h5-7H,4,8H2,1-3H3. The van der Waals surface area contributed by atoms with Crippen LogP contribution in [0.25, 0.3) is 0 Å². The van der Waals surface area contributed by atoms with E-state index >= 15 is 0 Å². The fraction of sp³-hybridized carbons (Fsp3) is 0.417. The van der Waals surface area contributed by atoms with Gasteiger partial charge in [0.1, 0.15) is 0 Å². The molecule has 0 bridgehead atoms. The Labute approximate surface area is 105 Å². The highest BCUT2D eigenvalue weighted by molar-refractivity contribution is 9.10. The van der Waals surface area contributed by atoms with Crippen molar-refractivity contribution >= 4 is 21.9 Å². The largest absolute Gasteiger partial charge is 0.465 e. The van der Waals surface area contributed by atoms with Gasteiger partial charge < -0.3 is 9.64 Å². The molecule has 0 heterocycles. The van der Waals surface area contributed by atoms with Gasteiger partial charge in [-0.25, -0.2) is 4.79 Å². The molecule has 0 radical (unpaired) electrons. The molecule has 16 heavy (non-hydrogen) atoms. The van der Waals surface area contributed by atoms with Crippen molar-refractivity contribution in [1.82, 2.24) is 4.90 Å². The number of carbonyl (C=O) groups excluding carboxylic acids is 1. The molecule has 0 saturated heterocycles. The van der Waals surface area contributed by atoms with Crippen LogP contribution in [0.5, 0.6) is 0 Å². The van der Waals surface area contributed by atoms with Gasteiger partial charge in [0, 0.05) is 11.0 Å². The summed E-state index contributed by atoms with van der Waals surface area (Å²) < 4.78 is 5.60. The van der Waals surface area contributed by atoms with E-state index < -0.39 is 0 Å². The zero-order valence-electron chi connectivity index (χ0n) is 9.79. The van der Waals surface area contributed by atoms with Crippen LogP contribution in [0.15, 0.2) is 22.7 Å². The summed E-state index contributed by atoms with van der Waals surface area (Å²) in [6.45, 7) is 3.96. The van der Waals surface area contributed by atoms with Crippen LogP contribution in [-0.4, -0.2) is 31.6 Å². The van der Waals surface area contributed by atoms with E-state index in [0.717, 1.165) is 23.1 Å². The predicted molar refractivity (Wildman–Crippen MR) is 67.5 cm³/mol. The summed E-state index contributed by atoms with van der Waals surface area (Å²) in [7, 11) is 3.44. The Bertz CT molecular complexity index is 379. The van der Waals surface area contributed by atoms with Crippen LogP contribution in [0.3, 0.4) is 0 Å². The van der Waals surface area contributed by atoms with Gasteiger partial charge in [-0.1, -0.05) is 28.9 Å². The first-order valence-electron chi connectivity index (χ1n) is 5.13. The lowest BCUT2D eigenvalue weighted by Gasteiger charge is -2.15. The van der Waals surface area contributed by atoms with Crippen molar-refractivity contribution in [3.8, 4) is 0 Å². The van der Waals surface area contributed by atoms with Gasteiger partial charge in [-0.2, -0.15) is 0 Å². The molecule has 1 aromatic rings. The van der Waals surface area contributed by atoms with Crippen LogP contribution < -0.4 is 0 Å². The van der Waals surface area contributed by atoms with Gasteiger partial charge >= 0.3 is 5.97 Å². The number of hydrogen-bond donors (Lipinski definition) is 0. The second-order valence-corrected chi connectivity index (χ2v) is 4.48. The number of ether oxygens (including phenoxy) is 1. The lowest BCUT2D eigenvalue weighted by Crippen LogP contribution is -2.17. The highest BCUT2D eigenvalue weighted by Gasteiger charge is 2.09. The molecular weight excluding hydrogens is 270 g/mol. The number of hydrogen-bond acceptors (Lipinski definition) is 3. The maximum Gasteiger partial charge on any atom is 0.337 e. The molecule has 0 amide bonds. The zero-order chi connectivity index (χ0) is 12.1. The molecule has 0 saturated carbocycles. The summed E-state index contributed by atoms with van der Waals surface area (Å²) in [6, 6.07) is 5.53. The van der Waals surface area contributed by atoms with E-state index in [9.17, 15) is 4.79 Å². The molecule has 0 spiro atoms. The fourth-order valence-electron chi connectivity index (χ4n) is 1.32. The molecule has 4 heteroatoms. The number of nitrogens with zero attached hydrogens (tertiary/aromatic N) is 1. The number of carbonyl (C=O) groups is 1. The van der Waals surface area contributed by atoms with Crippen LogP contribution in [0.4, 0.5) is 0 Å². The zero-order valence-corrected chi connectivity index (χ0v) is 11.4. The van der Waals surface area contributed by atoms with Crippen molar-refractivity contribution < 1.29 is 9.53 Å². The van der Waals surface area contributed by atoms with Crippen molar-refractivity contribution in [2.45, 2.75) is 13.5 Å². The maximum absolute atomic E-state index is 11.3. The van der Waals surface area contributed by atoms with E-state index in [2.05, 4.69) is 39.5 Å².